The molecule has 1 saturated heterocycles. The molecule has 1 aliphatic rings. The Morgan fingerprint density at radius 1 is 1.19 bits per heavy atom. The van der Waals surface area contributed by atoms with Crippen LogP contribution in [0.15, 0.2) is 30.3 Å². The van der Waals surface area contributed by atoms with Crippen LogP contribution in [0.5, 0.6) is 0 Å². The molecule has 0 atom stereocenters. The molecule has 4 heteroatoms. The largest absolute Gasteiger partial charge is 0.338 e. The molecule has 1 heterocycles. The lowest BCUT2D eigenvalue weighted by molar-refractivity contribution is 0.190. The minimum atomic E-state index is -0.0777. The molecule has 1 aromatic carbocycles. The molecule has 0 radical (unpaired) electrons. The van der Waals surface area contributed by atoms with Crippen LogP contribution in [0.4, 0.5) is 4.79 Å². The highest BCUT2D eigenvalue weighted by atomic mass is 16.2. The Hall–Kier alpha value is -1.55. The van der Waals surface area contributed by atoms with Crippen molar-refractivity contribution in [3.8, 4) is 0 Å². The standard InChI is InChI=1S/C17H27N3O/c1-15-8-12-20(13-9-15)11-5-10-18-17(21)19-14-16-6-3-2-4-7-16/h2-4,6-7,15H,5,8-14H2,1H3,(H2,18,19,21). The number of likely N-dealkylation sites (tertiary alicyclic amines) is 1. The van der Waals surface area contributed by atoms with Crippen LogP contribution in [0.1, 0.15) is 31.7 Å². The maximum absolute atomic E-state index is 11.7. The number of amides is 2. The number of piperidine rings is 1. The van der Waals surface area contributed by atoms with E-state index in [0.29, 0.717) is 6.54 Å². The summed E-state index contributed by atoms with van der Waals surface area (Å²) in [5, 5.41) is 5.80. The van der Waals surface area contributed by atoms with Gasteiger partial charge in [-0.25, -0.2) is 4.79 Å². The number of carbonyl (C=O) groups excluding carboxylic acids is 1. The summed E-state index contributed by atoms with van der Waals surface area (Å²) < 4.78 is 0. The molecular weight excluding hydrogens is 262 g/mol. The molecular formula is C17H27N3O. The van der Waals surface area contributed by atoms with E-state index in [4.69, 9.17) is 0 Å². The number of hydrogen-bond acceptors (Lipinski definition) is 2. The van der Waals surface area contributed by atoms with Gasteiger partial charge in [0.15, 0.2) is 0 Å². The highest BCUT2D eigenvalue weighted by Gasteiger charge is 2.14. The minimum Gasteiger partial charge on any atom is -0.338 e. The first kappa shape index (κ1) is 15.8. The minimum absolute atomic E-state index is 0.0777. The molecule has 0 aliphatic carbocycles. The molecule has 0 spiro atoms. The smallest absolute Gasteiger partial charge is 0.315 e. The molecule has 1 aromatic rings. The summed E-state index contributed by atoms with van der Waals surface area (Å²) in [6.45, 7) is 7.16. The van der Waals surface area contributed by atoms with Crippen LogP contribution in [0.2, 0.25) is 0 Å². The monoisotopic (exact) mass is 289 g/mol. The summed E-state index contributed by atoms with van der Waals surface area (Å²) in [6.07, 6.45) is 3.64. The SMILES string of the molecule is CC1CCN(CCCNC(=O)NCc2ccccc2)CC1. The summed E-state index contributed by atoms with van der Waals surface area (Å²) in [5.74, 6) is 0.878. The molecule has 116 valence electrons. The zero-order valence-corrected chi connectivity index (χ0v) is 13.0. The Labute approximate surface area is 127 Å². The van der Waals surface area contributed by atoms with Gasteiger partial charge in [-0.15, -0.1) is 0 Å². The van der Waals surface area contributed by atoms with Crippen molar-refractivity contribution in [3.05, 3.63) is 35.9 Å². The van der Waals surface area contributed by atoms with Crippen molar-refractivity contribution in [2.75, 3.05) is 26.2 Å². The van der Waals surface area contributed by atoms with Crippen LogP contribution >= 0.6 is 0 Å². The number of nitrogens with zero attached hydrogens (tertiary/aromatic N) is 1. The van der Waals surface area contributed by atoms with E-state index in [2.05, 4.69) is 22.5 Å². The molecule has 2 amide bonds. The third-order valence-electron chi connectivity index (χ3n) is 4.11. The summed E-state index contributed by atoms with van der Waals surface area (Å²) in [6, 6.07) is 9.88. The van der Waals surface area contributed by atoms with Crippen molar-refractivity contribution in [1.29, 1.82) is 0 Å². The number of hydrogen-bond donors (Lipinski definition) is 2. The summed E-state index contributed by atoms with van der Waals surface area (Å²) in [4.78, 5) is 14.2. The number of carbonyl (C=O) groups is 1. The van der Waals surface area contributed by atoms with Crippen molar-refractivity contribution >= 4 is 6.03 Å². The van der Waals surface area contributed by atoms with E-state index in [-0.39, 0.29) is 6.03 Å². The van der Waals surface area contributed by atoms with Gasteiger partial charge in [-0.2, -0.15) is 0 Å². The van der Waals surface area contributed by atoms with Crippen LogP contribution < -0.4 is 10.6 Å². The summed E-state index contributed by atoms with van der Waals surface area (Å²) in [5.41, 5.74) is 1.12. The second-order valence-electron chi connectivity index (χ2n) is 5.97. The molecule has 2 rings (SSSR count). The number of rotatable bonds is 6. The van der Waals surface area contributed by atoms with Crippen molar-refractivity contribution in [2.24, 2.45) is 5.92 Å². The zero-order valence-electron chi connectivity index (χ0n) is 13.0. The van der Waals surface area contributed by atoms with Gasteiger partial charge in [0.25, 0.3) is 0 Å². The van der Waals surface area contributed by atoms with Crippen molar-refractivity contribution in [1.82, 2.24) is 15.5 Å². The van der Waals surface area contributed by atoms with Crippen LogP contribution in [0.3, 0.4) is 0 Å². The van der Waals surface area contributed by atoms with E-state index in [1.54, 1.807) is 0 Å². The van der Waals surface area contributed by atoms with Gasteiger partial charge in [-0.05, 0) is 50.4 Å². The molecule has 2 N–H and O–H groups in total. The van der Waals surface area contributed by atoms with Gasteiger partial charge < -0.3 is 15.5 Å². The lowest BCUT2D eigenvalue weighted by atomic mass is 9.99. The fourth-order valence-corrected chi connectivity index (χ4v) is 2.63. The first-order valence-corrected chi connectivity index (χ1v) is 8.02. The average molecular weight is 289 g/mol. The van der Waals surface area contributed by atoms with Crippen LogP contribution in [-0.2, 0) is 6.54 Å². The molecule has 4 nitrogen and oxygen atoms in total. The number of benzene rings is 1. The first-order valence-electron chi connectivity index (χ1n) is 8.02. The second-order valence-corrected chi connectivity index (χ2v) is 5.97. The van der Waals surface area contributed by atoms with Gasteiger partial charge in [0, 0.05) is 13.1 Å². The number of nitrogens with one attached hydrogen (secondary N) is 2. The molecule has 0 aromatic heterocycles. The normalized spacial score (nSPS) is 16.6. The second kappa shape index (κ2) is 8.67. The fourth-order valence-electron chi connectivity index (χ4n) is 2.63. The van der Waals surface area contributed by atoms with Gasteiger partial charge in [0.2, 0.25) is 0 Å². The first-order chi connectivity index (χ1) is 10.2. The predicted octanol–water partition coefficient (Wildman–Crippen LogP) is 2.61. The van der Waals surface area contributed by atoms with E-state index in [1.807, 2.05) is 30.3 Å². The van der Waals surface area contributed by atoms with Crippen molar-refractivity contribution in [3.63, 3.8) is 0 Å². The van der Waals surface area contributed by atoms with Crippen molar-refractivity contribution < 1.29 is 4.79 Å². The van der Waals surface area contributed by atoms with E-state index in [0.717, 1.165) is 31.0 Å². The fraction of sp³-hybridized carbons (Fsp3) is 0.588. The van der Waals surface area contributed by atoms with Crippen molar-refractivity contribution in [2.45, 2.75) is 32.7 Å². The van der Waals surface area contributed by atoms with Gasteiger partial charge in [-0.1, -0.05) is 37.3 Å². The Kier molecular flexibility index (Phi) is 6.54. The lowest BCUT2D eigenvalue weighted by Crippen LogP contribution is -2.38. The van der Waals surface area contributed by atoms with Gasteiger partial charge in [0.05, 0.1) is 0 Å². The Bertz CT molecular complexity index is 413. The lowest BCUT2D eigenvalue weighted by Gasteiger charge is -2.30. The predicted molar refractivity (Wildman–Crippen MR) is 86.1 cm³/mol. The highest BCUT2D eigenvalue weighted by molar-refractivity contribution is 5.73. The number of urea groups is 1. The van der Waals surface area contributed by atoms with Gasteiger partial charge in [-0.3, -0.25) is 0 Å². The topological polar surface area (TPSA) is 44.4 Å². The maximum Gasteiger partial charge on any atom is 0.315 e. The average Bonchev–Trinajstić information content (AvgIpc) is 2.52. The molecule has 1 fully saturated rings. The Morgan fingerprint density at radius 3 is 2.62 bits per heavy atom. The highest BCUT2D eigenvalue weighted by Crippen LogP contribution is 2.15. The van der Waals surface area contributed by atoms with Gasteiger partial charge >= 0.3 is 6.03 Å². The third-order valence-corrected chi connectivity index (χ3v) is 4.11. The quantitative estimate of drug-likeness (QED) is 0.791. The summed E-state index contributed by atoms with van der Waals surface area (Å²) in [7, 11) is 0. The molecule has 21 heavy (non-hydrogen) atoms. The molecule has 0 saturated carbocycles. The molecule has 0 bridgehead atoms. The zero-order chi connectivity index (χ0) is 14.9. The van der Waals surface area contributed by atoms with Crippen LogP contribution in [-0.4, -0.2) is 37.1 Å². The third kappa shape index (κ3) is 6.17. The van der Waals surface area contributed by atoms with E-state index in [1.165, 1.54) is 25.9 Å². The summed E-state index contributed by atoms with van der Waals surface area (Å²) >= 11 is 0. The Morgan fingerprint density at radius 2 is 1.90 bits per heavy atom. The van der Waals surface area contributed by atoms with Gasteiger partial charge in [0.1, 0.15) is 0 Å². The molecule has 0 unspecified atom stereocenters. The van der Waals surface area contributed by atoms with E-state index in [9.17, 15) is 4.79 Å². The van der Waals surface area contributed by atoms with E-state index < -0.39 is 0 Å². The maximum atomic E-state index is 11.7. The van der Waals surface area contributed by atoms with E-state index >= 15 is 0 Å². The Balaban J connectivity index is 1.51. The van der Waals surface area contributed by atoms with Crippen LogP contribution in [0.25, 0.3) is 0 Å². The molecule has 1 aliphatic heterocycles. The van der Waals surface area contributed by atoms with Crippen LogP contribution in [0, 0.1) is 5.92 Å².